The Hall–Kier alpha value is 0.600. The maximum atomic E-state index is 12.3. The molecule has 1 heterocycles. The summed E-state index contributed by atoms with van der Waals surface area (Å²) in [6.07, 6.45) is 3.27. The van der Waals surface area contributed by atoms with Crippen LogP contribution in [0.15, 0.2) is 12.4 Å². The predicted molar refractivity (Wildman–Crippen MR) is 49.1 cm³/mol. The third-order valence-corrected chi connectivity index (χ3v) is 1.90. The average Bonchev–Trinajstić information content (AvgIpc) is 2.14. The topological polar surface area (TPSA) is 17.8 Å². The molecular formula is C4H3FI2N2. The lowest BCUT2D eigenvalue weighted by Gasteiger charge is -1.95. The van der Waals surface area contributed by atoms with E-state index in [4.69, 9.17) is 0 Å². The van der Waals surface area contributed by atoms with E-state index in [0.29, 0.717) is 0 Å². The van der Waals surface area contributed by atoms with Gasteiger partial charge in [-0.05, 0) is 45.2 Å². The number of hydrogen-bond acceptors (Lipinski definition) is 1. The molecule has 0 aliphatic heterocycles. The molecule has 0 saturated carbocycles. The Kier molecular flexibility index (Phi) is 2.68. The minimum absolute atomic E-state index is 0.951. The molecule has 9 heavy (non-hydrogen) atoms. The Morgan fingerprint density at radius 2 is 2.44 bits per heavy atom. The molecule has 0 fully saturated rings. The Balaban J connectivity index is 2.85. The Bertz CT molecular complexity index is 198. The first-order chi connectivity index (χ1) is 4.20. The largest absolute Gasteiger partial charge is 0.241 e. The van der Waals surface area contributed by atoms with Gasteiger partial charge in [0.15, 0.2) is 0 Å². The number of alkyl halides is 2. The minimum atomic E-state index is -1.05. The highest BCUT2D eigenvalue weighted by atomic mass is 127. The van der Waals surface area contributed by atoms with E-state index >= 15 is 0 Å². The van der Waals surface area contributed by atoms with Crippen LogP contribution in [0.1, 0.15) is 4.30 Å². The second kappa shape index (κ2) is 3.13. The molecule has 1 atom stereocenters. The number of nitrogens with zero attached hydrogens (tertiary/aromatic N) is 2. The number of aromatic nitrogens is 2. The lowest BCUT2D eigenvalue weighted by atomic mass is 10.8. The monoisotopic (exact) mass is 352 g/mol. The standard InChI is InChI=1S/C4H3FI2N2/c5-4(7)9-2-3(6)1-8-9/h1-2,4H. The van der Waals surface area contributed by atoms with Crippen LogP contribution in [0.25, 0.3) is 0 Å². The van der Waals surface area contributed by atoms with Crippen molar-refractivity contribution in [3.63, 3.8) is 0 Å². The van der Waals surface area contributed by atoms with Gasteiger partial charge in [0.25, 0.3) is 0 Å². The van der Waals surface area contributed by atoms with E-state index in [0.717, 1.165) is 3.57 Å². The van der Waals surface area contributed by atoms with Crippen LogP contribution in [-0.4, -0.2) is 9.78 Å². The molecule has 1 aromatic heterocycles. The van der Waals surface area contributed by atoms with Crippen LogP contribution >= 0.6 is 45.2 Å². The molecule has 0 amide bonds. The number of hydrogen-bond donors (Lipinski definition) is 0. The summed E-state index contributed by atoms with van der Waals surface area (Å²) in [6.45, 7) is 0. The first-order valence-corrected chi connectivity index (χ1v) is 4.50. The zero-order valence-electron chi connectivity index (χ0n) is 4.26. The summed E-state index contributed by atoms with van der Waals surface area (Å²) in [6, 6.07) is 0. The van der Waals surface area contributed by atoms with E-state index in [1.165, 1.54) is 4.68 Å². The van der Waals surface area contributed by atoms with E-state index in [1.54, 1.807) is 35.0 Å². The highest BCUT2D eigenvalue weighted by Gasteiger charge is 2.02. The molecular weight excluding hydrogens is 349 g/mol. The molecule has 0 N–H and O–H groups in total. The van der Waals surface area contributed by atoms with E-state index in [-0.39, 0.29) is 0 Å². The van der Waals surface area contributed by atoms with E-state index < -0.39 is 4.30 Å². The van der Waals surface area contributed by atoms with Crippen molar-refractivity contribution in [2.75, 3.05) is 0 Å². The van der Waals surface area contributed by atoms with Crippen molar-refractivity contribution in [3.05, 3.63) is 16.0 Å². The Labute approximate surface area is 79.1 Å². The van der Waals surface area contributed by atoms with Crippen molar-refractivity contribution in [2.24, 2.45) is 0 Å². The van der Waals surface area contributed by atoms with Crippen molar-refractivity contribution in [2.45, 2.75) is 4.30 Å². The molecule has 0 spiro atoms. The van der Waals surface area contributed by atoms with Crippen LogP contribution in [0.5, 0.6) is 0 Å². The molecule has 0 aliphatic rings. The van der Waals surface area contributed by atoms with Crippen LogP contribution < -0.4 is 0 Å². The molecule has 1 aromatic rings. The van der Waals surface area contributed by atoms with Gasteiger partial charge in [-0.2, -0.15) is 5.10 Å². The highest BCUT2D eigenvalue weighted by molar-refractivity contribution is 14.1. The number of halogens is 3. The van der Waals surface area contributed by atoms with Gasteiger partial charge in [-0.3, -0.25) is 0 Å². The molecule has 0 bridgehead atoms. The van der Waals surface area contributed by atoms with Gasteiger partial charge in [-0.1, -0.05) is 0 Å². The van der Waals surface area contributed by atoms with Gasteiger partial charge in [0.2, 0.25) is 4.30 Å². The second-order valence-electron chi connectivity index (χ2n) is 1.42. The van der Waals surface area contributed by atoms with Crippen molar-refractivity contribution in [3.8, 4) is 0 Å². The first-order valence-electron chi connectivity index (χ1n) is 2.18. The smallest absolute Gasteiger partial charge is 0.229 e. The molecule has 5 heteroatoms. The van der Waals surface area contributed by atoms with Crippen LogP contribution in [-0.2, 0) is 0 Å². The maximum Gasteiger partial charge on any atom is 0.241 e. The van der Waals surface area contributed by atoms with Gasteiger partial charge in [-0.15, -0.1) is 0 Å². The van der Waals surface area contributed by atoms with Gasteiger partial charge in [0, 0.05) is 6.20 Å². The van der Waals surface area contributed by atoms with Crippen LogP contribution in [0.2, 0.25) is 0 Å². The number of rotatable bonds is 1. The second-order valence-corrected chi connectivity index (χ2v) is 3.69. The summed E-state index contributed by atoms with van der Waals surface area (Å²) >= 11 is 3.73. The van der Waals surface area contributed by atoms with Gasteiger partial charge in [0.1, 0.15) is 0 Å². The zero-order chi connectivity index (χ0) is 6.85. The third-order valence-electron chi connectivity index (χ3n) is 0.770. The maximum absolute atomic E-state index is 12.3. The molecule has 0 aromatic carbocycles. The van der Waals surface area contributed by atoms with Gasteiger partial charge < -0.3 is 0 Å². The van der Waals surface area contributed by atoms with Crippen LogP contribution in [0.4, 0.5) is 4.39 Å². The van der Waals surface area contributed by atoms with E-state index in [1.807, 2.05) is 0 Å². The third kappa shape index (κ3) is 2.03. The van der Waals surface area contributed by atoms with E-state index in [9.17, 15) is 4.39 Å². The summed E-state index contributed by atoms with van der Waals surface area (Å²) < 4.78 is 13.5. The molecule has 2 nitrogen and oxygen atoms in total. The van der Waals surface area contributed by atoms with Gasteiger partial charge in [0.05, 0.1) is 9.77 Å². The molecule has 50 valence electrons. The summed E-state index contributed by atoms with van der Waals surface area (Å²) in [5.74, 6) is 0. The van der Waals surface area contributed by atoms with Gasteiger partial charge >= 0.3 is 0 Å². The fraction of sp³-hybridized carbons (Fsp3) is 0.250. The van der Waals surface area contributed by atoms with Crippen LogP contribution in [0.3, 0.4) is 0 Å². The summed E-state index contributed by atoms with van der Waals surface area (Å²) in [7, 11) is 0. The zero-order valence-corrected chi connectivity index (χ0v) is 8.58. The molecule has 0 saturated heterocycles. The van der Waals surface area contributed by atoms with Gasteiger partial charge in [-0.25, -0.2) is 9.07 Å². The molecule has 0 radical (unpaired) electrons. The first kappa shape index (κ1) is 7.70. The summed E-state index contributed by atoms with van der Waals surface area (Å²) in [4.78, 5) is 0. The molecule has 1 unspecified atom stereocenters. The normalized spacial score (nSPS) is 13.7. The Morgan fingerprint density at radius 3 is 2.67 bits per heavy atom. The van der Waals surface area contributed by atoms with E-state index in [2.05, 4.69) is 27.7 Å². The van der Waals surface area contributed by atoms with Crippen molar-refractivity contribution < 1.29 is 4.39 Å². The summed E-state index contributed by atoms with van der Waals surface area (Å²) in [5, 5.41) is 3.74. The quantitative estimate of drug-likeness (QED) is 0.561. The fourth-order valence-corrected chi connectivity index (χ4v) is 1.14. The predicted octanol–water partition coefficient (Wildman–Crippen LogP) is 2.35. The van der Waals surface area contributed by atoms with Crippen molar-refractivity contribution >= 4 is 45.2 Å². The lowest BCUT2D eigenvalue weighted by Crippen LogP contribution is -1.94. The lowest BCUT2D eigenvalue weighted by molar-refractivity contribution is 0.355. The molecule has 1 rings (SSSR count). The Morgan fingerprint density at radius 1 is 1.78 bits per heavy atom. The van der Waals surface area contributed by atoms with Crippen molar-refractivity contribution in [1.29, 1.82) is 0 Å². The SMILES string of the molecule is FC(I)n1cc(I)cn1. The average molecular weight is 352 g/mol. The summed E-state index contributed by atoms with van der Waals surface area (Å²) in [5.41, 5.74) is 0. The fourth-order valence-electron chi connectivity index (χ4n) is 0.422. The van der Waals surface area contributed by atoms with Crippen molar-refractivity contribution in [1.82, 2.24) is 9.78 Å². The molecule has 0 aliphatic carbocycles. The van der Waals surface area contributed by atoms with Crippen LogP contribution in [0, 0.1) is 3.57 Å². The highest BCUT2D eigenvalue weighted by Crippen LogP contribution is 2.16. The minimum Gasteiger partial charge on any atom is -0.229 e.